The zero-order valence-corrected chi connectivity index (χ0v) is 20.2. The minimum atomic E-state index is -0.592. The summed E-state index contributed by atoms with van der Waals surface area (Å²) in [5.74, 6) is 0.555. The standard InChI is InChI=1S/C25H21N3O7S/c1-16-5-3-6-18(13-16)34-12-11-27-24(29)22(36-25(27)30)15-17-8-9-20(21(14-17)33-2)35-23-19(28(31)32)7-4-10-26-23/h3-10,13-15H,11-12H2,1-2H3/b22-15-. The number of thioether (sulfide) groups is 1. The lowest BCUT2D eigenvalue weighted by Crippen LogP contribution is -2.32. The van der Waals surface area contributed by atoms with E-state index in [9.17, 15) is 19.7 Å². The Balaban J connectivity index is 1.46. The van der Waals surface area contributed by atoms with E-state index in [2.05, 4.69) is 4.98 Å². The van der Waals surface area contributed by atoms with Crippen LogP contribution in [0, 0.1) is 17.0 Å². The molecule has 0 bridgehead atoms. The number of carbonyl (C=O) groups excluding carboxylic acids is 2. The summed E-state index contributed by atoms with van der Waals surface area (Å²) in [7, 11) is 1.42. The molecule has 0 spiro atoms. The molecule has 184 valence electrons. The van der Waals surface area contributed by atoms with Crippen LogP contribution in [-0.2, 0) is 4.79 Å². The number of nitrogens with zero attached hydrogens (tertiary/aromatic N) is 3. The predicted molar refractivity (Wildman–Crippen MR) is 133 cm³/mol. The molecule has 0 N–H and O–H groups in total. The van der Waals surface area contributed by atoms with Crippen LogP contribution in [0.15, 0.2) is 65.7 Å². The topological polar surface area (TPSA) is 121 Å². The van der Waals surface area contributed by atoms with Gasteiger partial charge in [0.25, 0.3) is 17.0 Å². The van der Waals surface area contributed by atoms with Gasteiger partial charge in [0.15, 0.2) is 11.5 Å². The first-order chi connectivity index (χ1) is 17.4. The van der Waals surface area contributed by atoms with E-state index in [1.165, 1.54) is 25.4 Å². The van der Waals surface area contributed by atoms with Gasteiger partial charge in [0.1, 0.15) is 12.4 Å². The van der Waals surface area contributed by atoms with E-state index in [-0.39, 0.29) is 46.4 Å². The van der Waals surface area contributed by atoms with Crippen LogP contribution < -0.4 is 14.2 Å². The summed E-state index contributed by atoms with van der Waals surface area (Å²) < 4.78 is 16.6. The molecule has 0 saturated carbocycles. The first-order valence-corrected chi connectivity index (χ1v) is 11.6. The van der Waals surface area contributed by atoms with Gasteiger partial charge in [-0.15, -0.1) is 0 Å². The second-order valence-corrected chi connectivity index (χ2v) is 8.59. The maximum atomic E-state index is 12.8. The summed E-state index contributed by atoms with van der Waals surface area (Å²) >= 11 is 0.837. The van der Waals surface area contributed by atoms with Gasteiger partial charge in [0.2, 0.25) is 0 Å². The van der Waals surface area contributed by atoms with E-state index in [4.69, 9.17) is 14.2 Å². The highest BCUT2D eigenvalue weighted by molar-refractivity contribution is 8.18. The van der Waals surface area contributed by atoms with Gasteiger partial charge in [0, 0.05) is 12.3 Å². The number of nitro groups is 1. The van der Waals surface area contributed by atoms with Gasteiger partial charge in [-0.25, -0.2) is 4.98 Å². The SMILES string of the molecule is COc1cc(/C=C2\SC(=O)N(CCOc3cccc(C)c3)C2=O)ccc1Oc1ncccc1[N+](=O)[O-]. The van der Waals surface area contributed by atoms with Crippen molar-refractivity contribution in [3.8, 4) is 23.1 Å². The number of carbonyl (C=O) groups is 2. The zero-order chi connectivity index (χ0) is 25.7. The molecule has 2 amide bonds. The highest BCUT2D eigenvalue weighted by atomic mass is 32.2. The van der Waals surface area contributed by atoms with Crippen molar-refractivity contribution in [2.45, 2.75) is 6.92 Å². The molecule has 2 aromatic carbocycles. The number of amides is 2. The highest BCUT2D eigenvalue weighted by Gasteiger charge is 2.34. The molecular formula is C25H21N3O7S. The van der Waals surface area contributed by atoms with Crippen molar-refractivity contribution >= 4 is 34.7 Å². The summed E-state index contributed by atoms with van der Waals surface area (Å²) in [4.78, 5) is 41.2. The Morgan fingerprint density at radius 1 is 1.11 bits per heavy atom. The summed E-state index contributed by atoms with van der Waals surface area (Å²) in [6, 6.07) is 15.0. The molecule has 1 saturated heterocycles. The van der Waals surface area contributed by atoms with Crippen LogP contribution in [-0.4, -0.2) is 46.2 Å². The smallest absolute Gasteiger partial charge is 0.331 e. The molecule has 10 nitrogen and oxygen atoms in total. The minimum absolute atomic E-state index is 0.120. The Morgan fingerprint density at radius 2 is 1.94 bits per heavy atom. The molecular weight excluding hydrogens is 486 g/mol. The maximum absolute atomic E-state index is 12.8. The number of imide groups is 1. The lowest BCUT2D eigenvalue weighted by atomic mass is 10.2. The zero-order valence-electron chi connectivity index (χ0n) is 19.4. The third-order valence-corrected chi connectivity index (χ3v) is 5.99. The van der Waals surface area contributed by atoms with E-state index < -0.39 is 10.8 Å². The molecule has 2 heterocycles. The van der Waals surface area contributed by atoms with Gasteiger partial charge in [-0.05, 0) is 66.2 Å². The number of methoxy groups -OCH3 is 1. The number of hydrogen-bond acceptors (Lipinski definition) is 9. The lowest BCUT2D eigenvalue weighted by molar-refractivity contribution is -0.386. The highest BCUT2D eigenvalue weighted by Crippen LogP contribution is 2.37. The Morgan fingerprint density at radius 3 is 2.69 bits per heavy atom. The number of aryl methyl sites for hydroxylation is 1. The molecule has 1 fully saturated rings. The van der Waals surface area contributed by atoms with E-state index in [0.717, 1.165) is 22.2 Å². The van der Waals surface area contributed by atoms with Gasteiger partial charge in [-0.1, -0.05) is 18.2 Å². The molecule has 0 radical (unpaired) electrons. The number of aromatic nitrogens is 1. The Bertz CT molecular complexity index is 1360. The van der Waals surface area contributed by atoms with Gasteiger partial charge >= 0.3 is 5.69 Å². The molecule has 1 aromatic heterocycles. The average molecular weight is 508 g/mol. The largest absolute Gasteiger partial charge is 0.493 e. The fourth-order valence-electron chi connectivity index (χ4n) is 3.37. The quantitative estimate of drug-likeness (QED) is 0.218. The molecule has 4 rings (SSSR count). The summed E-state index contributed by atoms with van der Waals surface area (Å²) in [5, 5.41) is 10.8. The van der Waals surface area contributed by atoms with Gasteiger partial charge < -0.3 is 14.2 Å². The maximum Gasteiger partial charge on any atom is 0.331 e. The van der Waals surface area contributed by atoms with Crippen LogP contribution in [0.3, 0.4) is 0 Å². The molecule has 1 aliphatic rings. The van der Waals surface area contributed by atoms with Crippen molar-refractivity contribution in [1.82, 2.24) is 9.88 Å². The fraction of sp³-hybridized carbons (Fsp3) is 0.160. The molecule has 36 heavy (non-hydrogen) atoms. The summed E-state index contributed by atoms with van der Waals surface area (Å²) in [5.41, 5.74) is 1.34. The van der Waals surface area contributed by atoms with Crippen LogP contribution in [0.5, 0.6) is 23.1 Å². The number of rotatable bonds is 9. The summed E-state index contributed by atoms with van der Waals surface area (Å²) in [6.45, 7) is 2.24. The van der Waals surface area contributed by atoms with Crippen LogP contribution in [0.25, 0.3) is 6.08 Å². The predicted octanol–water partition coefficient (Wildman–Crippen LogP) is 5.21. The number of benzene rings is 2. The van der Waals surface area contributed by atoms with Crippen LogP contribution in [0.4, 0.5) is 10.5 Å². The molecule has 11 heteroatoms. The normalized spacial score (nSPS) is 14.3. The second-order valence-electron chi connectivity index (χ2n) is 7.60. The lowest BCUT2D eigenvalue weighted by Gasteiger charge is -2.13. The molecule has 3 aromatic rings. The molecule has 0 unspecified atom stereocenters. The number of hydrogen-bond donors (Lipinski definition) is 0. The van der Waals surface area contributed by atoms with Crippen LogP contribution >= 0.6 is 11.8 Å². The third kappa shape index (κ3) is 5.63. The van der Waals surface area contributed by atoms with E-state index in [1.54, 1.807) is 24.3 Å². The Kier molecular flexibility index (Phi) is 7.50. The fourth-order valence-corrected chi connectivity index (χ4v) is 4.23. The molecule has 0 aliphatic carbocycles. The Labute approximate surface area is 210 Å². The van der Waals surface area contributed by atoms with E-state index in [1.807, 2.05) is 31.2 Å². The minimum Gasteiger partial charge on any atom is -0.493 e. The first-order valence-electron chi connectivity index (χ1n) is 10.8. The van der Waals surface area contributed by atoms with Crippen molar-refractivity contribution in [1.29, 1.82) is 0 Å². The second kappa shape index (κ2) is 10.9. The number of ether oxygens (including phenoxy) is 3. The van der Waals surface area contributed by atoms with Crippen LogP contribution in [0.1, 0.15) is 11.1 Å². The molecule has 1 aliphatic heterocycles. The molecule has 0 atom stereocenters. The van der Waals surface area contributed by atoms with E-state index >= 15 is 0 Å². The van der Waals surface area contributed by atoms with Crippen molar-refractivity contribution in [3.05, 3.63) is 86.9 Å². The van der Waals surface area contributed by atoms with E-state index in [0.29, 0.717) is 11.3 Å². The van der Waals surface area contributed by atoms with Gasteiger partial charge in [-0.2, -0.15) is 0 Å². The van der Waals surface area contributed by atoms with Crippen molar-refractivity contribution in [2.75, 3.05) is 20.3 Å². The first kappa shape index (κ1) is 24.7. The Hall–Kier alpha value is -4.38. The van der Waals surface area contributed by atoms with Crippen molar-refractivity contribution in [3.63, 3.8) is 0 Å². The third-order valence-electron chi connectivity index (χ3n) is 5.09. The monoisotopic (exact) mass is 507 g/mol. The van der Waals surface area contributed by atoms with Gasteiger partial charge in [0.05, 0.1) is 23.5 Å². The average Bonchev–Trinajstić information content (AvgIpc) is 3.12. The van der Waals surface area contributed by atoms with Crippen molar-refractivity contribution in [2.24, 2.45) is 0 Å². The summed E-state index contributed by atoms with van der Waals surface area (Å²) in [6.07, 6.45) is 2.95. The van der Waals surface area contributed by atoms with Crippen molar-refractivity contribution < 1.29 is 28.7 Å². The van der Waals surface area contributed by atoms with Crippen LogP contribution in [0.2, 0.25) is 0 Å². The van der Waals surface area contributed by atoms with Gasteiger partial charge in [-0.3, -0.25) is 24.6 Å². The number of pyridine rings is 1.